The smallest absolute Gasteiger partial charge is 0.119 e. The molecule has 0 radical (unpaired) electrons. The monoisotopic (exact) mass is 346 g/mol. The van der Waals surface area contributed by atoms with Crippen molar-refractivity contribution in [3.05, 3.63) is 29.8 Å². The van der Waals surface area contributed by atoms with Crippen LogP contribution in [0.15, 0.2) is 24.3 Å². The molecule has 0 aromatic heterocycles. The zero-order valence-electron chi connectivity index (χ0n) is 16.2. The Morgan fingerprint density at radius 2 is 1.80 bits per heavy atom. The fourth-order valence-electron chi connectivity index (χ4n) is 4.40. The lowest BCUT2D eigenvalue weighted by Crippen LogP contribution is -2.61. The highest BCUT2D eigenvalue weighted by Crippen LogP contribution is 2.28. The maximum atomic E-state index is 5.84. The minimum Gasteiger partial charge on any atom is -0.491 e. The van der Waals surface area contributed by atoms with Crippen LogP contribution in [0.25, 0.3) is 0 Å². The molecule has 0 aliphatic carbocycles. The number of rotatable bonds is 6. The molecule has 2 aliphatic rings. The van der Waals surface area contributed by atoms with Crippen molar-refractivity contribution in [2.45, 2.75) is 83.1 Å². The van der Waals surface area contributed by atoms with Gasteiger partial charge >= 0.3 is 0 Å². The Morgan fingerprint density at radius 3 is 2.40 bits per heavy atom. The minimum absolute atomic E-state index is 0.180. The molecule has 1 atom stereocenters. The lowest BCUT2D eigenvalue weighted by Gasteiger charge is -2.46. The van der Waals surface area contributed by atoms with Crippen LogP contribution in [-0.4, -0.2) is 36.4 Å². The van der Waals surface area contributed by atoms with Crippen LogP contribution in [0.1, 0.15) is 58.9 Å². The normalized spacial score (nSPS) is 25.8. The molecule has 1 unspecified atom stereocenters. The lowest BCUT2D eigenvalue weighted by molar-refractivity contribution is 0.0679. The van der Waals surface area contributed by atoms with Crippen LogP contribution in [0.2, 0.25) is 0 Å². The summed E-state index contributed by atoms with van der Waals surface area (Å²) in [6.45, 7) is 11.6. The topological polar surface area (TPSA) is 42.5 Å². The van der Waals surface area contributed by atoms with Gasteiger partial charge in [0.05, 0.1) is 6.10 Å². The van der Waals surface area contributed by atoms with Gasteiger partial charge in [0.15, 0.2) is 0 Å². The molecular weight excluding hydrogens is 312 g/mol. The molecule has 0 spiro atoms. The minimum atomic E-state index is 0.180. The number of ether oxygens (including phenoxy) is 2. The summed E-state index contributed by atoms with van der Waals surface area (Å²) in [5.41, 5.74) is 1.66. The van der Waals surface area contributed by atoms with Crippen molar-refractivity contribution in [2.24, 2.45) is 0 Å². The van der Waals surface area contributed by atoms with Crippen LogP contribution in [0, 0.1) is 0 Å². The number of piperidine rings is 1. The Labute approximate surface area is 152 Å². The zero-order valence-corrected chi connectivity index (χ0v) is 16.2. The van der Waals surface area contributed by atoms with E-state index in [-0.39, 0.29) is 17.2 Å². The van der Waals surface area contributed by atoms with Crippen molar-refractivity contribution in [1.29, 1.82) is 0 Å². The van der Waals surface area contributed by atoms with Gasteiger partial charge in [-0.3, -0.25) is 0 Å². The highest BCUT2D eigenvalue weighted by molar-refractivity contribution is 5.27. The summed E-state index contributed by atoms with van der Waals surface area (Å²) >= 11 is 0. The van der Waals surface area contributed by atoms with Crippen LogP contribution in [0.4, 0.5) is 0 Å². The van der Waals surface area contributed by atoms with Crippen LogP contribution in [0.5, 0.6) is 5.75 Å². The van der Waals surface area contributed by atoms with Crippen molar-refractivity contribution >= 4 is 0 Å². The van der Waals surface area contributed by atoms with E-state index in [9.17, 15) is 0 Å². The van der Waals surface area contributed by atoms with Gasteiger partial charge < -0.3 is 20.1 Å². The standard InChI is InChI=1S/C21H34N2O2/c1-20(2)12-17(13-21(3,4)23-20)22-14-16-7-9-18(10-8-16)25-15-19-6-5-11-24-19/h7-10,17,19,22-23H,5-6,11-15H2,1-4H3. The summed E-state index contributed by atoms with van der Waals surface area (Å²) in [5.74, 6) is 0.934. The van der Waals surface area contributed by atoms with Gasteiger partial charge in [0, 0.05) is 30.3 Å². The highest BCUT2D eigenvalue weighted by atomic mass is 16.5. The van der Waals surface area contributed by atoms with Gasteiger partial charge in [-0.25, -0.2) is 0 Å². The molecule has 0 amide bonds. The third-order valence-electron chi connectivity index (χ3n) is 5.17. The molecule has 1 aromatic rings. The van der Waals surface area contributed by atoms with Crippen LogP contribution in [0.3, 0.4) is 0 Å². The summed E-state index contributed by atoms with van der Waals surface area (Å²) in [6, 6.07) is 9.01. The number of nitrogens with one attached hydrogen (secondary N) is 2. The second-order valence-corrected chi connectivity index (χ2v) is 8.97. The van der Waals surface area contributed by atoms with Gasteiger partial charge in [-0.05, 0) is 71.1 Å². The molecule has 4 heteroatoms. The number of hydrogen-bond acceptors (Lipinski definition) is 4. The van der Waals surface area contributed by atoms with Gasteiger partial charge in [0.2, 0.25) is 0 Å². The first-order valence-corrected chi connectivity index (χ1v) is 9.67. The van der Waals surface area contributed by atoms with E-state index in [1.165, 1.54) is 5.56 Å². The van der Waals surface area contributed by atoms with Crippen molar-refractivity contribution < 1.29 is 9.47 Å². The number of benzene rings is 1. The van der Waals surface area contributed by atoms with E-state index in [2.05, 4.69) is 62.6 Å². The average molecular weight is 347 g/mol. The van der Waals surface area contributed by atoms with Gasteiger partial charge in [-0.1, -0.05) is 12.1 Å². The van der Waals surface area contributed by atoms with Crippen LogP contribution < -0.4 is 15.4 Å². The van der Waals surface area contributed by atoms with Gasteiger partial charge in [-0.2, -0.15) is 0 Å². The Morgan fingerprint density at radius 1 is 1.12 bits per heavy atom. The SMILES string of the molecule is CC1(C)CC(NCc2ccc(OCC3CCCO3)cc2)CC(C)(C)N1. The fraction of sp³-hybridized carbons (Fsp3) is 0.714. The Balaban J connectivity index is 1.46. The first-order chi connectivity index (χ1) is 11.8. The van der Waals surface area contributed by atoms with E-state index in [0.29, 0.717) is 12.6 Å². The maximum absolute atomic E-state index is 5.84. The van der Waals surface area contributed by atoms with E-state index >= 15 is 0 Å². The zero-order chi connectivity index (χ0) is 17.9. The summed E-state index contributed by atoms with van der Waals surface area (Å²) in [5, 5.41) is 7.48. The van der Waals surface area contributed by atoms with E-state index < -0.39 is 0 Å². The Kier molecular flexibility index (Phi) is 5.71. The second-order valence-electron chi connectivity index (χ2n) is 8.97. The van der Waals surface area contributed by atoms with Crippen molar-refractivity contribution in [1.82, 2.24) is 10.6 Å². The number of hydrogen-bond donors (Lipinski definition) is 2. The van der Waals surface area contributed by atoms with Crippen LogP contribution >= 0.6 is 0 Å². The summed E-state index contributed by atoms with van der Waals surface area (Å²) in [6.07, 6.45) is 4.85. The summed E-state index contributed by atoms with van der Waals surface area (Å²) in [7, 11) is 0. The third-order valence-corrected chi connectivity index (χ3v) is 5.17. The van der Waals surface area contributed by atoms with Crippen molar-refractivity contribution in [2.75, 3.05) is 13.2 Å². The van der Waals surface area contributed by atoms with Gasteiger partial charge in [-0.15, -0.1) is 0 Å². The highest BCUT2D eigenvalue weighted by Gasteiger charge is 2.37. The van der Waals surface area contributed by atoms with Gasteiger partial charge in [0.25, 0.3) is 0 Å². The average Bonchev–Trinajstić information content (AvgIpc) is 3.02. The van der Waals surface area contributed by atoms with E-state index in [0.717, 1.165) is 44.6 Å². The molecule has 0 bridgehead atoms. The fourth-order valence-corrected chi connectivity index (χ4v) is 4.40. The molecule has 4 nitrogen and oxygen atoms in total. The molecule has 2 heterocycles. The third kappa shape index (κ3) is 5.70. The molecule has 2 aliphatic heterocycles. The van der Waals surface area contributed by atoms with Gasteiger partial charge in [0.1, 0.15) is 12.4 Å². The Hall–Kier alpha value is -1.10. The Bertz CT molecular complexity index is 532. The quantitative estimate of drug-likeness (QED) is 0.825. The first kappa shape index (κ1) is 18.7. The van der Waals surface area contributed by atoms with E-state index in [1.54, 1.807) is 0 Å². The second kappa shape index (κ2) is 7.65. The van der Waals surface area contributed by atoms with Crippen molar-refractivity contribution in [3.8, 4) is 5.75 Å². The van der Waals surface area contributed by atoms with E-state index in [1.807, 2.05) is 0 Å². The van der Waals surface area contributed by atoms with Crippen LogP contribution in [-0.2, 0) is 11.3 Å². The van der Waals surface area contributed by atoms with Crippen molar-refractivity contribution in [3.63, 3.8) is 0 Å². The molecule has 1 aromatic carbocycles. The molecule has 3 rings (SSSR count). The molecule has 0 saturated carbocycles. The largest absolute Gasteiger partial charge is 0.491 e. The lowest BCUT2D eigenvalue weighted by atomic mass is 9.79. The van der Waals surface area contributed by atoms with E-state index in [4.69, 9.17) is 9.47 Å². The maximum Gasteiger partial charge on any atom is 0.119 e. The molecule has 2 N–H and O–H groups in total. The predicted octanol–water partition coefficient (Wildman–Crippen LogP) is 3.64. The predicted molar refractivity (Wildman–Crippen MR) is 102 cm³/mol. The molecule has 2 saturated heterocycles. The summed E-state index contributed by atoms with van der Waals surface area (Å²) < 4.78 is 11.4. The molecular formula is C21H34N2O2. The molecule has 25 heavy (non-hydrogen) atoms. The summed E-state index contributed by atoms with van der Waals surface area (Å²) in [4.78, 5) is 0. The molecule has 2 fully saturated rings. The molecule has 140 valence electrons. The first-order valence-electron chi connectivity index (χ1n) is 9.67.